The molecule has 0 radical (unpaired) electrons. The predicted molar refractivity (Wildman–Crippen MR) is 62.6 cm³/mol. The number of hydrogen-bond acceptors (Lipinski definition) is 4. The van der Waals surface area contributed by atoms with E-state index >= 15 is 0 Å². The number of nitriles is 1. The van der Waals surface area contributed by atoms with E-state index in [1.165, 1.54) is 6.07 Å². The first kappa shape index (κ1) is 11.0. The fraction of sp³-hybridized carbons (Fsp3) is 0.167. The molecule has 1 heterocycles. The first-order valence-corrected chi connectivity index (χ1v) is 4.99. The van der Waals surface area contributed by atoms with Gasteiger partial charge in [-0.05, 0) is 25.5 Å². The smallest absolute Gasteiger partial charge is 0.258 e. The summed E-state index contributed by atoms with van der Waals surface area (Å²) in [6.07, 6.45) is 1.54. The zero-order valence-electron chi connectivity index (χ0n) is 9.39. The van der Waals surface area contributed by atoms with Crippen molar-refractivity contribution in [2.75, 3.05) is 0 Å². The predicted octanol–water partition coefficient (Wildman–Crippen LogP) is 2.63. The Morgan fingerprint density at radius 2 is 2.18 bits per heavy atom. The van der Waals surface area contributed by atoms with E-state index in [0.717, 1.165) is 0 Å². The van der Waals surface area contributed by atoms with E-state index in [4.69, 9.17) is 5.26 Å². The molecule has 0 N–H and O–H groups in total. The number of fused-ring (bicyclic) bond motifs is 1. The molecule has 2 aromatic rings. The Morgan fingerprint density at radius 3 is 2.76 bits per heavy atom. The highest BCUT2D eigenvalue weighted by atomic mass is 16.6. The summed E-state index contributed by atoms with van der Waals surface area (Å²) in [6.45, 7) is 3.39. The van der Waals surface area contributed by atoms with Crippen LogP contribution in [0.2, 0.25) is 0 Å². The molecule has 5 heteroatoms. The zero-order valence-corrected chi connectivity index (χ0v) is 9.39. The maximum absolute atomic E-state index is 10.9. The number of hydrogen-bond donors (Lipinski definition) is 0. The summed E-state index contributed by atoms with van der Waals surface area (Å²) < 4.78 is 0. The number of nitro benzene ring substituents is 1. The maximum Gasteiger partial charge on any atom is 0.273 e. The van der Waals surface area contributed by atoms with Crippen LogP contribution >= 0.6 is 0 Å². The van der Waals surface area contributed by atoms with Crippen molar-refractivity contribution in [3.8, 4) is 6.07 Å². The molecule has 0 saturated carbocycles. The van der Waals surface area contributed by atoms with Crippen LogP contribution in [0.15, 0.2) is 18.3 Å². The van der Waals surface area contributed by atoms with Gasteiger partial charge in [0.25, 0.3) is 5.69 Å². The van der Waals surface area contributed by atoms with E-state index in [9.17, 15) is 10.1 Å². The molecule has 0 aliphatic rings. The third kappa shape index (κ3) is 1.60. The molecule has 1 aromatic heterocycles. The second kappa shape index (κ2) is 3.83. The molecule has 0 fully saturated rings. The van der Waals surface area contributed by atoms with E-state index in [1.807, 2.05) is 6.07 Å². The van der Waals surface area contributed by atoms with Crippen molar-refractivity contribution in [2.45, 2.75) is 13.8 Å². The minimum atomic E-state index is -0.435. The third-order valence-corrected chi connectivity index (χ3v) is 2.75. The van der Waals surface area contributed by atoms with Crippen LogP contribution in [-0.4, -0.2) is 9.91 Å². The van der Waals surface area contributed by atoms with Gasteiger partial charge in [-0.1, -0.05) is 0 Å². The minimum Gasteiger partial charge on any atom is -0.258 e. The van der Waals surface area contributed by atoms with Crippen molar-refractivity contribution in [3.63, 3.8) is 0 Å². The molecule has 0 aliphatic heterocycles. The van der Waals surface area contributed by atoms with E-state index < -0.39 is 4.92 Å². The van der Waals surface area contributed by atoms with Crippen LogP contribution < -0.4 is 0 Å². The minimum absolute atomic E-state index is 0.0273. The van der Waals surface area contributed by atoms with Crippen LogP contribution in [0.25, 0.3) is 10.9 Å². The van der Waals surface area contributed by atoms with Crippen molar-refractivity contribution in [1.82, 2.24) is 4.98 Å². The highest BCUT2D eigenvalue weighted by Gasteiger charge is 2.18. The molecular weight excluding hydrogens is 218 g/mol. The summed E-state index contributed by atoms with van der Waals surface area (Å²) in [5.74, 6) is 0. The molecule has 0 bridgehead atoms. The van der Waals surface area contributed by atoms with Gasteiger partial charge >= 0.3 is 0 Å². The average Bonchev–Trinajstić information content (AvgIpc) is 2.32. The fourth-order valence-corrected chi connectivity index (χ4v) is 1.93. The van der Waals surface area contributed by atoms with Crippen molar-refractivity contribution in [1.29, 1.82) is 5.26 Å². The summed E-state index contributed by atoms with van der Waals surface area (Å²) in [7, 11) is 0. The Balaban J connectivity index is 3.02. The van der Waals surface area contributed by atoms with Crippen LogP contribution in [0.3, 0.4) is 0 Å². The summed E-state index contributed by atoms with van der Waals surface area (Å²) >= 11 is 0. The summed E-state index contributed by atoms with van der Waals surface area (Å²) in [6, 6.07) is 5.10. The Hall–Kier alpha value is -2.48. The highest BCUT2D eigenvalue weighted by molar-refractivity contribution is 5.92. The number of rotatable bonds is 1. The lowest BCUT2D eigenvalue weighted by atomic mass is 10.00. The van der Waals surface area contributed by atoms with Gasteiger partial charge < -0.3 is 0 Å². The van der Waals surface area contributed by atoms with E-state index in [2.05, 4.69) is 4.98 Å². The van der Waals surface area contributed by atoms with E-state index in [1.54, 1.807) is 26.1 Å². The third-order valence-electron chi connectivity index (χ3n) is 2.75. The van der Waals surface area contributed by atoms with Gasteiger partial charge in [0.2, 0.25) is 0 Å². The molecule has 17 heavy (non-hydrogen) atoms. The lowest BCUT2D eigenvalue weighted by Crippen LogP contribution is -1.97. The lowest BCUT2D eigenvalue weighted by Gasteiger charge is -2.07. The fourth-order valence-electron chi connectivity index (χ4n) is 1.93. The van der Waals surface area contributed by atoms with Gasteiger partial charge in [0.05, 0.1) is 22.1 Å². The van der Waals surface area contributed by atoms with Gasteiger partial charge in [-0.2, -0.15) is 5.26 Å². The number of benzene rings is 1. The van der Waals surface area contributed by atoms with Gasteiger partial charge in [-0.3, -0.25) is 15.1 Å². The Morgan fingerprint density at radius 1 is 1.47 bits per heavy atom. The van der Waals surface area contributed by atoms with Crippen LogP contribution in [0.1, 0.15) is 16.7 Å². The number of pyridine rings is 1. The van der Waals surface area contributed by atoms with Gasteiger partial charge in [0.15, 0.2) is 0 Å². The molecule has 0 atom stereocenters. The van der Waals surface area contributed by atoms with Gasteiger partial charge in [0, 0.05) is 23.2 Å². The van der Waals surface area contributed by atoms with Gasteiger partial charge in [-0.25, -0.2) is 0 Å². The first-order valence-electron chi connectivity index (χ1n) is 4.99. The topological polar surface area (TPSA) is 79.8 Å². The van der Waals surface area contributed by atoms with Crippen molar-refractivity contribution >= 4 is 16.6 Å². The highest BCUT2D eigenvalue weighted by Crippen LogP contribution is 2.30. The molecule has 2 rings (SSSR count). The van der Waals surface area contributed by atoms with Crippen LogP contribution in [-0.2, 0) is 0 Å². The van der Waals surface area contributed by atoms with Crippen molar-refractivity contribution in [2.24, 2.45) is 0 Å². The number of nitrogens with zero attached hydrogens (tertiary/aromatic N) is 3. The molecule has 5 nitrogen and oxygen atoms in total. The molecule has 0 aliphatic carbocycles. The van der Waals surface area contributed by atoms with Crippen LogP contribution in [0.4, 0.5) is 5.69 Å². The average molecular weight is 227 g/mol. The molecule has 0 spiro atoms. The standard InChI is InChI=1S/C12H9N3O2/c1-7-5-10(15(16)17)8(2)11-9(6-13)3-4-14-12(7)11/h3-5H,1-2H3. The van der Waals surface area contributed by atoms with Gasteiger partial charge in [-0.15, -0.1) is 0 Å². The monoisotopic (exact) mass is 227 g/mol. The second-order valence-electron chi connectivity index (χ2n) is 3.79. The van der Waals surface area contributed by atoms with Crippen molar-refractivity contribution < 1.29 is 4.92 Å². The lowest BCUT2D eigenvalue weighted by molar-refractivity contribution is -0.385. The molecular formula is C12H9N3O2. The SMILES string of the molecule is Cc1cc([N+](=O)[O-])c(C)c2c(C#N)ccnc12. The quantitative estimate of drug-likeness (QED) is 0.554. The molecule has 1 aromatic carbocycles. The summed E-state index contributed by atoms with van der Waals surface area (Å²) in [5.41, 5.74) is 2.28. The zero-order chi connectivity index (χ0) is 12.6. The normalized spacial score (nSPS) is 10.2. The number of aromatic nitrogens is 1. The summed E-state index contributed by atoms with van der Waals surface area (Å²) in [5, 5.41) is 20.5. The Bertz CT molecular complexity index is 671. The first-order chi connectivity index (χ1) is 8.06. The Labute approximate surface area is 97.5 Å². The molecule has 84 valence electrons. The van der Waals surface area contributed by atoms with E-state index in [-0.39, 0.29) is 5.69 Å². The van der Waals surface area contributed by atoms with Gasteiger partial charge in [0.1, 0.15) is 0 Å². The largest absolute Gasteiger partial charge is 0.273 e. The summed E-state index contributed by atoms with van der Waals surface area (Å²) in [4.78, 5) is 14.7. The van der Waals surface area contributed by atoms with Crippen LogP contribution in [0, 0.1) is 35.3 Å². The van der Waals surface area contributed by atoms with Crippen LogP contribution in [0.5, 0.6) is 0 Å². The maximum atomic E-state index is 10.9. The Kier molecular flexibility index (Phi) is 2.48. The number of aryl methyl sites for hydroxylation is 2. The van der Waals surface area contributed by atoms with E-state index in [0.29, 0.717) is 27.6 Å². The molecule has 0 unspecified atom stereocenters. The van der Waals surface area contributed by atoms with Crippen molar-refractivity contribution in [3.05, 3.63) is 45.1 Å². The second-order valence-corrected chi connectivity index (χ2v) is 3.79. The number of nitro groups is 1. The molecule has 0 amide bonds. The molecule has 0 saturated heterocycles.